The maximum atomic E-state index is 12.3. The Kier molecular flexibility index (Phi) is 5.03. The highest BCUT2D eigenvalue weighted by molar-refractivity contribution is 7.89. The lowest BCUT2D eigenvalue weighted by molar-refractivity contribution is -0.386. The predicted molar refractivity (Wildman–Crippen MR) is 75.5 cm³/mol. The van der Waals surface area contributed by atoms with Crippen LogP contribution in [0, 0.1) is 16.0 Å². The van der Waals surface area contributed by atoms with Crippen molar-refractivity contribution in [2.45, 2.75) is 31.7 Å². The summed E-state index contributed by atoms with van der Waals surface area (Å²) >= 11 is 0. The number of nitrogens with one attached hydrogen (secondary N) is 2. The first kappa shape index (κ1) is 16.3. The molecule has 0 saturated carbocycles. The Morgan fingerprint density at radius 1 is 1.30 bits per heavy atom. The molecule has 1 unspecified atom stereocenters. The van der Waals surface area contributed by atoms with Crippen LogP contribution in [-0.4, -0.2) is 19.4 Å². The van der Waals surface area contributed by atoms with Crippen LogP contribution in [0.2, 0.25) is 0 Å². The van der Waals surface area contributed by atoms with Gasteiger partial charge in [0.15, 0.2) is 4.90 Å². The molecule has 8 nitrogen and oxygen atoms in total. The van der Waals surface area contributed by atoms with E-state index in [1.165, 1.54) is 18.2 Å². The smallest absolute Gasteiger partial charge is 0.313 e. The van der Waals surface area contributed by atoms with Gasteiger partial charge in [-0.25, -0.2) is 13.1 Å². The van der Waals surface area contributed by atoms with Crippen molar-refractivity contribution in [2.24, 2.45) is 11.8 Å². The fourth-order valence-electron chi connectivity index (χ4n) is 1.49. The zero-order valence-corrected chi connectivity index (χ0v) is 12.3. The van der Waals surface area contributed by atoms with Crippen molar-refractivity contribution in [1.82, 2.24) is 4.72 Å². The number of anilines is 1. The van der Waals surface area contributed by atoms with E-state index in [1.807, 2.05) is 13.8 Å². The number of benzene rings is 1. The Morgan fingerprint density at radius 2 is 1.90 bits per heavy atom. The molecule has 1 aromatic carbocycles. The van der Waals surface area contributed by atoms with Gasteiger partial charge in [0.1, 0.15) is 5.69 Å². The number of para-hydroxylation sites is 1. The van der Waals surface area contributed by atoms with Crippen molar-refractivity contribution >= 4 is 21.4 Å². The maximum absolute atomic E-state index is 12.3. The molecule has 0 bridgehead atoms. The summed E-state index contributed by atoms with van der Waals surface area (Å²) in [6.07, 6.45) is 0. The van der Waals surface area contributed by atoms with Gasteiger partial charge in [-0.2, -0.15) is 0 Å². The molecule has 0 aromatic heterocycles. The number of nitrogen functional groups attached to an aromatic ring is 1. The quantitative estimate of drug-likeness (QED) is 0.411. The Hall–Kier alpha value is -1.71. The van der Waals surface area contributed by atoms with E-state index >= 15 is 0 Å². The van der Waals surface area contributed by atoms with E-state index in [0.717, 1.165) is 0 Å². The number of nitro groups is 1. The molecule has 0 aliphatic carbocycles. The summed E-state index contributed by atoms with van der Waals surface area (Å²) in [7, 11) is -4.00. The lowest BCUT2D eigenvalue weighted by Gasteiger charge is -2.17. The van der Waals surface area contributed by atoms with Crippen LogP contribution in [0.1, 0.15) is 20.8 Å². The summed E-state index contributed by atoms with van der Waals surface area (Å²) in [5.74, 6) is 5.24. The van der Waals surface area contributed by atoms with E-state index in [1.54, 1.807) is 6.92 Å². The van der Waals surface area contributed by atoms with Gasteiger partial charge in [0.25, 0.3) is 0 Å². The first-order chi connectivity index (χ1) is 9.20. The van der Waals surface area contributed by atoms with E-state index in [0.29, 0.717) is 0 Å². The van der Waals surface area contributed by atoms with Gasteiger partial charge in [0, 0.05) is 6.04 Å². The topological polar surface area (TPSA) is 127 Å². The lowest BCUT2D eigenvalue weighted by atomic mass is 10.1. The molecule has 0 fully saturated rings. The molecular formula is C11H18N4O4S. The molecule has 112 valence electrons. The number of nitrogens with two attached hydrogens (primary N) is 1. The second-order valence-electron chi connectivity index (χ2n) is 4.71. The maximum Gasteiger partial charge on any atom is 0.313 e. The van der Waals surface area contributed by atoms with Crippen LogP contribution in [0.5, 0.6) is 0 Å². The molecule has 1 atom stereocenters. The summed E-state index contributed by atoms with van der Waals surface area (Å²) in [4.78, 5) is 9.90. The molecule has 0 radical (unpaired) electrons. The van der Waals surface area contributed by atoms with E-state index in [9.17, 15) is 18.5 Å². The van der Waals surface area contributed by atoms with Crippen LogP contribution in [0.15, 0.2) is 23.1 Å². The van der Waals surface area contributed by atoms with Crippen molar-refractivity contribution in [1.29, 1.82) is 0 Å². The largest absolute Gasteiger partial charge is 0.318 e. The Morgan fingerprint density at radius 3 is 2.35 bits per heavy atom. The normalized spacial score (nSPS) is 13.2. The molecule has 0 saturated heterocycles. The standard InChI is InChI=1S/C11H18N4O4S/c1-7(2)8(3)14-20(18,19)10-6-4-5-9(13-12)11(10)15(16)17/h4-8,13-14H,12H2,1-3H3. The highest BCUT2D eigenvalue weighted by Gasteiger charge is 2.30. The van der Waals surface area contributed by atoms with Crippen LogP contribution in [0.25, 0.3) is 0 Å². The van der Waals surface area contributed by atoms with Crippen LogP contribution in [-0.2, 0) is 10.0 Å². The van der Waals surface area contributed by atoms with Crippen molar-refractivity contribution in [3.05, 3.63) is 28.3 Å². The van der Waals surface area contributed by atoms with Gasteiger partial charge in [-0.3, -0.25) is 16.0 Å². The first-order valence-corrected chi connectivity index (χ1v) is 7.45. The molecule has 0 aliphatic rings. The Balaban J connectivity index is 3.35. The van der Waals surface area contributed by atoms with Crippen molar-refractivity contribution in [3.63, 3.8) is 0 Å². The van der Waals surface area contributed by atoms with Gasteiger partial charge in [-0.1, -0.05) is 19.9 Å². The fourth-order valence-corrected chi connectivity index (χ4v) is 3.07. The first-order valence-electron chi connectivity index (χ1n) is 5.97. The van der Waals surface area contributed by atoms with Gasteiger partial charge in [0.05, 0.1) is 4.92 Å². The third-order valence-corrected chi connectivity index (χ3v) is 4.56. The second-order valence-corrected chi connectivity index (χ2v) is 6.39. The molecule has 9 heteroatoms. The number of hydrazine groups is 1. The van der Waals surface area contributed by atoms with Crippen molar-refractivity contribution in [3.8, 4) is 0 Å². The molecule has 0 aliphatic heterocycles. The van der Waals surface area contributed by atoms with Crippen molar-refractivity contribution < 1.29 is 13.3 Å². The van der Waals surface area contributed by atoms with Crippen LogP contribution in [0.3, 0.4) is 0 Å². The van der Waals surface area contributed by atoms with Crippen LogP contribution < -0.4 is 16.0 Å². The summed E-state index contributed by atoms with van der Waals surface area (Å²) in [5, 5.41) is 11.1. The SMILES string of the molecule is CC(C)C(C)NS(=O)(=O)c1cccc(NN)c1[N+](=O)[O-]. The lowest BCUT2D eigenvalue weighted by Crippen LogP contribution is -2.36. The second kappa shape index (κ2) is 6.16. The minimum absolute atomic E-state index is 0.0552. The third-order valence-electron chi connectivity index (χ3n) is 2.97. The zero-order chi connectivity index (χ0) is 15.5. The zero-order valence-electron chi connectivity index (χ0n) is 11.5. The molecule has 0 amide bonds. The van der Waals surface area contributed by atoms with Gasteiger partial charge < -0.3 is 5.43 Å². The van der Waals surface area contributed by atoms with Gasteiger partial charge in [0.2, 0.25) is 10.0 Å². The van der Waals surface area contributed by atoms with Crippen LogP contribution in [0.4, 0.5) is 11.4 Å². The number of sulfonamides is 1. The van der Waals surface area contributed by atoms with Crippen LogP contribution >= 0.6 is 0 Å². The van der Waals surface area contributed by atoms with Gasteiger partial charge >= 0.3 is 5.69 Å². The third kappa shape index (κ3) is 3.44. The predicted octanol–water partition coefficient (Wildman–Crippen LogP) is 1.20. The molecular weight excluding hydrogens is 284 g/mol. The summed E-state index contributed by atoms with van der Waals surface area (Å²) in [6, 6.07) is 3.54. The number of hydrogen-bond acceptors (Lipinski definition) is 6. The molecule has 0 spiro atoms. The number of hydrogen-bond donors (Lipinski definition) is 3. The van der Waals surface area contributed by atoms with E-state index in [4.69, 9.17) is 5.84 Å². The Bertz CT molecular complexity index is 600. The highest BCUT2D eigenvalue weighted by Crippen LogP contribution is 2.31. The van der Waals surface area contributed by atoms with Gasteiger partial charge in [-0.05, 0) is 25.0 Å². The number of rotatable bonds is 6. The average Bonchev–Trinajstić information content (AvgIpc) is 2.36. The molecule has 4 N–H and O–H groups in total. The highest BCUT2D eigenvalue weighted by atomic mass is 32.2. The molecule has 1 rings (SSSR count). The van der Waals surface area contributed by atoms with Crippen molar-refractivity contribution in [2.75, 3.05) is 5.43 Å². The Labute approximate surface area is 117 Å². The molecule has 20 heavy (non-hydrogen) atoms. The molecule has 0 heterocycles. The number of nitrogens with zero attached hydrogens (tertiary/aromatic N) is 1. The molecule has 1 aromatic rings. The summed E-state index contributed by atoms with van der Waals surface area (Å²) in [5.41, 5.74) is 1.50. The number of nitro benzene ring substituents is 1. The monoisotopic (exact) mass is 302 g/mol. The van der Waals surface area contributed by atoms with E-state index in [-0.39, 0.29) is 17.6 Å². The summed E-state index contributed by atoms with van der Waals surface area (Å²) < 4.78 is 26.9. The van der Waals surface area contributed by atoms with E-state index in [2.05, 4.69) is 10.1 Å². The van der Waals surface area contributed by atoms with Gasteiger partial charge in [-0.15, -0.1) is 0 Å². The summed E-state index contributed by atoms with van der Waals surface area (Å²) in [6.45, 7) is 5.39. The minimum Gasteiger partial charge on any atom is -0.318 e. The average molecular weight is 302 g/mol. The van der Waals surface area contributed by atoms with E-state index < -0.39 is 25.5 Å². The fraction of sp³-hybridized carbons (Fsp3) is 0.455. The minimum atomic E-state index is -4.00.